The molecule has 3 nitrogen and oxygen atoms in total. The minimum Gasteiger partial charge on any atom is -0.463 e. The highest BCUT2D eigenvalue weighted by molar-refractivity contribution is 6.01. The van der Waals surface area contributed by atoms with Crippen molar-refractivity contribution < 1.29 is 23.1 Å². The first kappa shape index (κ1) is 11.8. The van der Waals surface area contributed by atoms with E-state index in [2.05, 4.69) is 4.74 Å². The first-order valence-electron chi connectivity index (χ1n) is 4.73. The summed E-state index contributed by atoms with van der Waals surface area (Å²) in [6, 6.07) is 0. The number of carbonyl (C=O) groups is 2. The average molecular weight is 218 g/mol. The lowest BCUT2D eigenvalue weighted by Gasteiger charge is -2.22. The minimum absolute atomic E-state index is 0.135. The summed E-state index contributed by atoms with van der Waals surface area (Å²) >= 11 is 0. The lowest BCUT2D eigenvalue weighted by Crippen LogP contribution is -2.27. The Morgan fingerprint density at radius 3 is 2.87 bits per heavy atom. The van der Waals surface area contributed by atoms with Gasteiger partial charge in [0.05, 0.1) is 6.61 Å². The average Bonchev–Trinajstić information content (AvgIpc) is 2.11. The Balaban J connectivity index is 2.74. The van der Waals surface area contributed by atoms with Gasteiger partial charge >= 0.3 is 5.97 Å². The molecule has 0 radical (unpaired) electrons. The quantitative estimate of drug-likeness (QED) is 0.525. The van der Waals surface area contributed by atoms with Crippen LogP contribution < -0.4 is 0 Å². The molecule has 0 unspecified atom stereocenters. The highest BCUT2D eigenvalue weighted by Gasteiger charge is 2.37. The Morgan fingerprint density at radius 2 is 2.27 bits per heavy atom. The van der Waals surface area contributed by atoms with E-state index in [4.69, 9.17) is 0 Å². The molecular formula is C10H12F2O3. The van der Waals surface area contributed by atoms with Gasteiger partial charge in [0, 0.05) is 30.9 Å². The first-order valence-corrected chi connectivity index (χ1v) is 4.73. The summed E-state index contributed by atoms with van der Waals surface area (Å²) in [6.45, 7) is 1.76. The van der Waals surface area contributed by atoms with Crippen molar-refractivity contribution in [3.63, 3.8) is 0 Å². The molecule has 0 aromatic carbocycles. The van der Waals surface area contributed by atoms with E-state index in [0.29, 0.717) is 0 Å². The van der Waals surface area contributed by atoms with Gasteiger partial charge in [-0.3, -0.25) is 4.79 Å². The summed E-state index contributed by atoms with van der Waals surface area (Å²) in [4.78, 5) is 22.2. The van der Waals surface area contributed by atoms with Crippen LogP contribution in [0.25, 0.3) is 0 Å². The maximum absolute atomic E-state index is 12.9. The lowest BCUT2D eigenvalue weighted by atomic mass is 9.90. The molecule has 1 saturated carbocycles. The molecule has 0 N–H and O–H groups in total. The number of allylic oxidation sites excluding steroid dienone is 1. The van der Waals surface area contributed by atoms with E-state index < -0.39 is 30.5 Å². The van der Waals surface area contributed by atoms with Gasteiger partial charge in [0.2, 0.25) is 0 Å². The van der Waals surface area contributed by atoms with Gasteiger partial charge in [-0.2, -0.15) is 0 Å². The summed E-state index contributed by atoms with van der Waals surface area (Å²) in [5, 5.41) is 0. The molecule has 0 spiro atoms. The van der Waals surface area contributed by atoms with E-state index in [9.17, 15) is 18.4 Å². The van der Waals surface area contributed by atoms with E-state index in [1.54, 1.807) is 6.92 Å². The maximum atomic E-state index is 12.9. The van der Waals surface area contributed by atoms with Crippen LogP contribution in [0.3, 0.4) is 0 Å². The summed E-state index contributed by atoms with van der Waals surface area (Å²) in [5.41, 5.74) is -0.135. The van der Waals surface area contributed by atoms with Crippen LogP contribution in [-0.2, 0) is 14.3 Å². The zero-order chi connectivity index (χ0) is 11.5. The number of hydrogen-bond acceptors (Lipinski definition) is 3. The molecule has 0 aromatic heterocycles. The molecule has 0 aromatic rings. The fourth-order valence-electron chi connectivity index (χ4n) is 1.38. The van der Waals surface area contributed by atoms with Gasteiger partial charge in [-0.25, -0.2) is 13.6 Å². The molecule has 0 saturated heterocycles. The fraction of sp³-hybridized carbons (Fsp3) is 0.600. The van der Waals surface area contributed by atoms with E-state index in [0.717, 1.165) is 6.08 Å². The highest BCUT2D eigenvalue weighted by Crippen LogP contribution is 2.34. The topological polar surface area (TPSA) is 43.4 Å². The third-order valence-electron chi connectivity index (χ3n) is 2.10. The highest BCUT2D eigenvalue weighted by atomic mass is 19.3. The van der Waals surface area contributed by atoms with Crippen LogP contribution in [0.1, 0.15) is 26.2 Å². The molecule has 0 aliphatic heterocycles. The summed E-state index contributed by atoms with van der Waals surface area (Å²) in [6.07, 6.45) is -0.437. The molecular weight excluding hydrogens is 206 g/mol. The first-order chi connectivity index (χ1) is 6.94. The predicted octanol–water partition coefficient (Wildman–Crippen LogP) is 1.86. The molecule has 0 atom stereocenters. The third kappa shape index (κ3) is 3.42. The Kier molecular flexibility index (Phi) is 3.55. The number of hydrogen-bond donors (Lipinski definition) is 0. The van der Waals surface area contributed by atoms with Crippen LogP contribution in [0, 0.1) is 0 Å². The molecule has 0 heterocycles. The molecule has 0 bridgehead atoms. The number of ketones is 1. The van der Waals surface area contributed by atoms with Gasteiger partial charge in [0.15, 0.2) is 5.78 Å². The largest absolute Gasteiger partial charge is 0.463 e. The smallest absolute Gasteiger partial charge is 0.331 e. The van der Waals surface area contributed by atoms with Crippen LogP contribution in [0.4, 0.5) is 8.78 Å². The van der Waals surface area contributed by atoms with Gasteiger partial charge in [0.1, 0.15) is 0 Å². The molecule has 0 amide bonds. The number of Topliss-reactive ketones (excluding diaryl/α,β-unsaturated/α-hetero) is 1. The van der Waals surface area contributed by atoms with Crippen molar-refractivity contribution in [2.45, 2.75) is 32.1 Å². The van der Waals surface area contributed by atoms with E-state index in [-0.39, 0.29) is 18.6 Å². The second kappa shape index (κ2) is 4.51. The molecule has 1 aliphatic rings. The van der Waals surface area contributed by atoms with Crippen molar-refractivity contribution in [3.05, 3.63) is 11.6 Å². The van der Waals surface area contributed by atoms with E-state index in [1.165, 1.54) is 0 Å². The summed E-state index contributed by atoms with van der Waals surface area (Å²) in [7, 11) is 0. The van der Waals surface area contributed by atoms with Crippen LogP contribution >= 0.6 is 0 Å². The van der Waals surface area contributed by atoms with Crippen molar-refractivity contribution in [2.75, 3.05) is 6.61 Å². The van der Waals surface area contributed by atoms with E-state index >= 15 is 0 Å². The van der Waals surface area contributed by atoms with Crippen molar-refractivity contribution in [1.82, 2.24) is 0 Å². The van der Waals surface area contributed by atoms with Gasteiger partial charge < -0.3 is 4.74 Å². The Hall–Kier alpha value is -1.26. The molecule has 84 valence electrons. The minimum atomic E-state index is -2.88. The van der Waals surface area contributed by atoms with Crippen LogP contribution in [0.15, 0.2) is 11.6 Å². The van der Waals surface area contributed by atoms with Gasteiger partial charge in [-0.05, 0) is 6.92 Å². The standard InChI is InChI=1S/C10H12F2O3/c1-2-15-9(14)5-7-6-10(11,12)4-3-8(7)13/h5H,2-4,6H2,1H3/b7-5+. The Labute approximate surface area is 86.1 Å². The maximum Gasteiger partial charge on any atom is 0.331 e. The van der Waals surface area contributed by atoms with Crippen LogP contribution in [-0.4, -0.2) is 24.3 Å². The number of rotatable bonds is 2. The molecule has 15 heavy (non-hydrogen) atoms. The van der Waals surface area contributed by atoms with Crippen LogP contribution in [0.5, 0.6) is 0 Å². The number of halogens is 2. The zero-order valence-corrected chi connectivity index (χ0v) is 8.39. The van der Waals surface area contributed by atoms with Crippen LogP contribution in [0.2, 0.25) is 0 Å². The number of esters is 1. The number of alkyl halides is 2. The molecule has 1 rings (SSSR count). The van der Waals surface area contributed by atoms with Crippen molar-refractivity contribution in [2.24, 2.45) is 0 Å². The van der Waals surface area contributed by atoms with Crippen molar-refractivity contribution >= 4 is 11.8 Å². The fourth-order valence-corrected chi connectivity index (χ4v) is 1.38. The van der Waals surface area contributed by atoms with Crippen molar-refractivity contribution in [1.29, 1.82) is 0 Å². The molecule has 1 fully saturated rings. The number of ether oxygens (including phenoxy) is 1. The second-order valence-electron chi connectivity index (χ2n) is 3.38. The monoisotopic (exact) mass is 218 g/mol. The van der Waals surface area contributed by atoms with Gasteiger partial charge in [-0.1, -0.05) is 0 Å². The number of carbonyl (C=O) groups excluding carboxylic acids is 2. The molecule has 5 heteroatoms. The van der Waals surface area contributed by atoms with Gasteiger partial charge in [0.25, 0.3) is 5.92 Å². The molecule has 1 aliphatic carbocycles. The third-order valence-corrected chi connectivity index (χ3v) is 2.10. The second-order valence-corrected chi connectivity index (χ2v) is 3.38. The van der Waals surface area contributed by atoms with E-state index in [1.807, 2.05) is 0 Å². The summed E-state index contributed by atoms with van der Waals surface area (Å²) in [5.74, 6) is -4.01. The van der Waals surface area contributed by atoms with Gasteiger partial charge in [-0.15, -0.1) is 0 Å². The summed E-state index contributed by atoms with van der Waals surface area (Å²) < 4.78 is 30.4. The zero-order valence-electron chi connectivity index (χ0n) is 8.39. The lowest BCUT2D eigenvalue weighted by molar-refractivity contribution is -0.137. The predicted molar refractivity (Wildman–Crippen MR) is 48.5 cm³/mol. The Bertz CT molecular complexity index is 308. The normalized spacial score (nSPS) is 22.9. The Morgan fingerprint density at radius 1 is 1.60 bits per heavy atom. The SMILES string of the molecule is CCOC(=O)/C=C1\CC(F)(F)CCC1=O. The van der Waals surface area contributed by atoms with Crippen molar-refractivity contribution in [3.8, 4) is 0 Å².